The van der Waals surface area contributed by atoms with E-state index >= 15 is 0 Å². The highest BCUT2D eigenvalue weighted by molar-refractivity contribution is 5.33. The van der Waals surface area contributed by atoms with Crippen LogP contribution in [0.5, 0.6) is 0 Å². The van der Waals surface area contributed by atoms with E-state index in [0.29, 0.717) is 11.8 Å². The monoisotopic (exact) mass is 271 g/mol. The quantitative estimate of drug-likeness (QED) is 0.930. The molecule has 0 bridgehead atoms. The molecule has 1 aliphatic heterocycles. The molecule has 0 spiro atoms. The Kier molecular flexibility index (Phi) is 3.78. The summed E-state index contributed by atoms with van der Waals surface area (Å²) in [4.78, 5) is 13.6. The molecule has 1 atom stereocenters. The van der Waals surface area contributed by atoms with Gasteiger partial charge in [0.2, 0.25) is 0 Å². The SMILES string of the molecule is CC(C)c1nccn1-c1nccnc1C1CCCNC1. The van der Waals surface area contributed by atoms with Gasteiger partial charge in [-0.25, -0.2) is 9.97 Å². The molecule has 1 fully saturated rings. The summed E-state index contributed by atoms with van der Waals surface area (Å²) in [5.41, 5.74) is 1.08. The fourth-order valence-corrected chi connectivity index (χ4v) is 2.82. The van der Waals surface area contributed by atoms with Crippen LogP contribution in [-0.2, 0) is 0 Å². The van der Waals surface area contributed by atoms with Crippen molar-refractivity contribution in [3.8, 4) is 5.82 Å². The molecule has 5 heteroatoms. The Labute approximate surface area is 119 Å². The summed E-state index contributed by atoms with van der Waals surface area (Å²) in [6, 6.07) is 0. The number of hydrogen-bond acceptors (Lipinski definition) is 4. The lowest BCUT2D eigenvalue weighted by Crippen LogP contribution is -2.29. The number of imidazole rings is 1. The lowest BCUT2D eigenvalue weighted by atomic mass is 9.95. The van der Waals surface area contributed by atoms with Gasteiger partial charge in [-0.3, -0.25) is 9.55 Å². The van der Waals surface area contributed by atoms with E-state index < -0.39 is 0 Å². The minimum absolute atomic E-state index is 0.365. The average molecular weight is 271 g/mol. The molecule has 3 rings (SSSR count). The highest BCUT2D eigenvalue weighted by Gasteiger charge is 2.22. The third-order valence-electron chi connectivity index (χ3n) is 3.80. The summed E-state index contributed by atoms with van der Waals surface area (Å²) in [6.45, 7) is 6.39. The van der Waals surface area contributed by atoms with Crippen molar-refractivity contribution >= 4 is 0 Å². The average Bonchev–Trinajstić information content (AvgIpc) is 2.98. The van der Waals surface area contributed by atoms with Crippen molar-refractivity contribution in [2.24, 2.45) is 0 Å². The molecule has 1 aliphatic rings. The Morgan fingerprint density at radius 2 is 2.05 bits per heavy atom. The molecule has 0 amide bonds. The van der Waals surface area contributed by atoms with Crippen molar-refractivity contribution < 1.29 is 0 Å². The van der Waals surface area contributed by atoms with E-state index in [1.54, 1.807) is 12.4 Å². The van der Waals surface area contributed by atoms with Gasteiger partial charge in [-0.2, -0.15) is 0 Å². The van der Waals surface area contributed by atoms with Crippen LogP contribution in [0.25, 0.3) is 5.82 Å². The second-order valence-corrected chi connectivity index (χ2v) is 5.62. The fourth-order valence-electron chi connectivity index (χ4n) is 2.82. The molecule has 0 aliphatic carbocycles. The van der Waals surface area contributed by atoms with Gasteiger partial charge in [0, 0.05) is 43.2 Å². The first-order valence-electron chi connectivity index (χ1n) is 7.32. The highest BCUT2D eigenvalue weighted by atomic mass is 15.1. The molecule has 3 heterocycles. The van der Waals surface area contributed by atoms with Crippen molar-refractivity contribution in [1.29, 1.82) is 0 Å². The van der Waals surface area contributed by atoms with E-state index in [1.807, 2.05) is 12.4 Å². The molecular weight excluding hydrogens is 250 g/mol. The Bertz CT molecular complexity index is 569. The molecule has 0 aromatic carbocycles. The smallest absolute Gasteiger partial charge is 0.160 e. The zero-order valence-corrected chi connectivity index (χ0v) is 12.1. The van der Waals surface area contributed by atoms with Gasteiger partial charge in [0.25, 0.3) is 0 Å². The summed E-state index contributed by atoms with van der Waals surface area (Å²) >= 11 is 0. The van der Waals surface area contributed by atoms with Gasteiger partial charge < -0.3 is 5.32 Å². The minimum atomic E-state index is 0.365. The van der Waals surface area contributed by atoms with Gasteiger partial charge in [-0.1, -0.05) is 13.8 Å². The molecular formula is C15H21N5. The second-order valence-electron chi connectivity index (χ2n) is 5.62. The number of nitrogens with one attached hydrogen (secondary N) is 1. The van der Waals surface area contributed by atoms with Crippen molar-refractivity contribution in [3.05, 3.63) is 36.3 Å². The van der Waals surface area contributed by atoms with Crippen molar-refractivity contribution in [1.82, 2.24) is 24.8 Å². The first kappa shape index (κ1) is 13.2. The van der Waals surface area contributed by atoms with Crippen LogP contribution in [0.2, 0.25) is 0 Å². The Balaban J connectivity index is 2.02. The van der Waals surface area contributed by atoms with E-state index in [2.05, 4.69) is 38.7 Å². The van der Waals surface area contributed by atoms with Gasteiger partial charge in [-0.15, -0.1) is 0 Å². The molecule has 2 aromatic rings. The Morgan fingerprint density at radius 1 is 1.20 bits per heavy atom. The molecule has 0 saturated carbocycles. The maximum absolute atomic E-state index is 4.61. The van der Waals surface area contributed by atoms with E-state index in [0.717, 1.165) is 30.4 Å². The third kappa shape index (κ3) is 2.45. The van der Waals surface area contributed by atoms with E-state index in [4.69, 9.17) is 0 Å². The predicted molar refractivity (Wildman–Crippen MR) is 78.1 cm³/mol. The van der Waals surface area contributed by atoms with Crippen molar-refractivity contribution in [2.75, 3.05) is 13.1 Å². The van der Waals surface area contributed by atoms with Crippen LogP contribution in [0.15, 0.2) is 24.8 Å². The highest BCUT2D eigenvalue weighted by Crippen LogP contribution is 2.27. The van der Waals surface area contributed by atoms with Crippen molar-refractivity contribution in [3.63, 3.8) is 0 Å². The van der Waals surface area contributed by atoms with Crippen molar-refractivity contribution in [2.45, 2.75) is 38.5 Å². The van der Waals surface area contributed by atoms with Gasteiger partial charge in [0.15, 0.2) is 5.82 Å². The predicted octanol–water partition coefficient (Wildman–Crippen LogP) is 2.25. The van der Waals surface area contributed by atoms with Crippen LogP contribution in [0.3, 0.4) is 0 Å². The van der Waals surface area contributed by atoms with Crippen LogP contribution in [0.4, 0.5) is 0 Å². The molecule has 2 aromatic heterocycles. The lowest BCUT2D eigenvalue weighted by molar-refractivity contribution is 0.452. The number of piperidine rings is 1. The van der Waals surface area contributed by atoms with Gasteiger partial charge in [-0.05, 0) is 19.4 Å². The Hall–Kier alpha value is -1.75. The summed E-state index contributed by atoms with van der Waals surface area (Å²) in [7, 11) is 0. The maximum atomic E-state index is 4.61. The molecule has 5 nitrogen and oxygen atoms in total. The second kappa shape index (κ2) is 5.71. The summed E-state index contributed by atoms with van der Waals surface area (Å²) < 4.78 is 2.08. The van der Waals surface area contributed by atoms with E-state index in [9.17, 15) is 0 Å². The normalized spacial score (nSPS) is 19.4. The maximum Gasteiger partial charge on any atom is 0.160 e. The fraction of sp³-hybridized carbons (Fsp3) is 0.533. The summed E-state index contributed by atoms with van der Waals surface area (Å²) in [6.07, 6.45) is 9.75. The van der Waals surface area contributed by atoms with Crippen LogP contribution in [0.1, 0.15) is 50.0 Å². The topological polar surface area (TPSA) is 55.6 Å². The van der Waals surface area contributed by atoms with E-state index in [1.165, 1.54) is 12.8 Å². The van der Waals surface area contributed by atoms with Crippen LogP contribution >= 0.6 is 0 Å². The summed E-state index contributed by atoms with van der Waals surface area (Å²) in [5.74, 6) is 2.78. The van der Waals surface area contributed by atoms with Gasteiger partial charge in [0.05, 0.1) is 5.69 Å². The molecule has 1 saturated heterocycles. The number of nitrogens with zero attached hydrogens (tertiary/aromatic N) is 4. The number of hydrogen-bond donors (Lipinski definition) is 1. The standard InChI is InChI=1S/C15H21N5/c1-11(2)14-19-8-9-20(14)15-13(17-6-7-18-15)12-4-3-5-16-10-12/h6-9,11-12,16H,3-5,10H2,1-2H3. The van der Waals surface area contributed by atoms with Gasteiger partial charge >= 0.3 is 0 Å². The summed E-state index contributed by atoms with van der Waals surface area (Å²) in [5, 5.41) is 3.45. The molecule has 0 radical (unpaired) electrons. The molecule has 20 heavy (non-hydrogen) atoms. The van der Waals surface area contributed by atoms with Crippen LogP contribution in [0, 0.1) is 0 Å². The Morgan fingerprint density at radius 3 is 2.80 bits per heavy atom. The first-order valence-corrected chi connectivity index (χ1v) is 7.32. The zero-order chi connectivity index (χ0) is 13.9. The zero-order valence-electron chi connectivity index (χ0n) is 12.1. The van der Waals surface area contributed by atoms with Gasteiger partial charge in [0.1, 0.15) is 5.82 Å². The van der Waals surface area contributed by atoms with Crippen LogP contribution in [-0.4, -0.2) is 32.6 Å². The molecule has 106 valence electrons. The van der Waals surface area contributed by atoms with Crippen LogP contribution < -0.4 is 5.32 Å². The molecule has 1 N–H and O–H groups in total. The molecule has 1 unspecified atom stereocenters. The number of aromatic nitrogens is 4. The third-order valence-corrected chi connectivity index (χ3v) is 3.80. The number of rotatable bonds is 3. The lowest BCUT2D eigenvalue weighted by Gasteiger charge is -2.24. The largest absolute Gasteiger partial charge is 0.316 e. The first-order chi connectivity index (χ1) is 9.77. The minimum Gasteiger partial charge on any atom is -0.316 e. The van der Waals surface area contributed by atoms with E-state index in [-0.39, 0.29) is 0 Å².